The Kier molecular flexibility index (Phi) is 4.04. The van der Waals surface area contributed by atoms with Gasteiger partial charge in [-0.3, -0.25) is 0 Å². The molecule has 112 valence electrons. The Hall–Kier alpha value is -2.27. The highest BCUT2D eigenvalue weighted by atomic mass is 19.4. The highest BCUT2D eigenvalue weighted by Gasteiger charge is 2.33. The number of nitrogens with zero attached hydrogens (tertiary/aromatic N) is 2. The molecule has 0 spiro atoms. The number of piperazine rings is 1. The summed E-state index contributed by atoms with van der Waals surface area (Å²) in [5.41, 5.74) is -0.901. The Morgan fingerprint density at radius 2 is 2.19 bits per heavy atom. The molecule has 1 aromatic carbocycles. The minimum Gasteiger partial charge on any atom is -0.480 e. The van der Waals surface area contributed by atoms with Crippen LogP contribution in [0.4, 0.5) is 18.9 Å². The van der Waals surface area contributed by atoms with Crippen molar-refractivity contribution in [1.29, 1.82) is 5.26 Å². The molecule has 0 radical (unpaired) electrons. The van der Waals surface area contributed by atoms with E-state index in [1.165, 1.54) is 4.90 Å². The minimum absolute atomic E-state index is 0.168. The van der Waals surface area contributed by atoms with Crippen LogP contribution >= 0.6 is 0 Å². The number of carboxylic acid groups (broad SMARTS) is 1. The van der Waals surface area contributed by atoms with Crippen molar-refractivity contribution < 1.29 is 23.1 Å². The van der Waals surface area contributed by atoms with E-state index in [-0.39, 0.29) is 17.8 Å². The van der Waals surface area contributed by atoms with Gasteiger partial charge in [0.25, 0.3) is 0 Å². The van der Waals surface area contributed by atoms with Gasteiger partial charge in [0.05, 0.1) is 16.8 Å². The summed E-state index contributed by atoms with van der Waals surface area (Å²) in [6, 6.07) is 3.56. The maximum atomic E-state index is 12.7. The summed E-state index contributed by atoms with van der Waals surface area (Å²) in [6.07, 6.45) is -4.54. The first-order chi connectivity index (χ1) is 9.84. The van der Waals surface area contributed by atoms with Crippen molar-refractivity contribution in [1.82, 2.24) is 5.32 Å². The Bertz CT molecular complexity index is 595. The van der Waals surface area contributed by atoms with Crippen LogP contribution in [0.3, 0.4) is 0 Å². The monoisotopic (exact) mass is 299 g/mol. The lowest BCUT2D eigenvalue weighted by molar-refractivity contribution is -0.139. The topological polar surface area (TPSA) is 76.4 Å². The van der Waals surface area contributed by atoms with E-state index in [0.717, 1.165) is 18.2 Å². The molecule has 1 saturated heterocycles. The molecular formula is C13H12F3N3O2. The van der Waals surface area contributed by atoms with Crippen LogP contribution in [-0.4, -0.2) is 36.8 Å². The van der Waals surface area contributed by atoms with Crippen LogP contribution in [0, 0.1) is 11.3 Å². The van der Waals surface area contributed by atoms with E-state index in [0.29, 0.717) is 13.1 Å². The molecule has 1 heterocycles. The summed E-state index contributed by atoms with van der Waals surface area (Å²) in [5.74, 6) is -1.09. The van der Waals surface area contributed by atoms with E-state index < -0.39 is 23.8 Å². The molecule has 0 aliphatic carbocycles. The average Bonchev–Trinajstić information content (AvgIpc) is 2.45. The Labute approximate surface area is 118 Å². The first-order valence-corrected chi connectivity index (χ1v) is 6.16. The van der Waals surface area contributed by atoms with Crippen molar-refractivity contribution >= 4 is 11.7 Å². The van der Waals surface area contributed by atoms with Crippen LogP contribution in [0.15, 0.2) is 18.2 Å². The largest absolute Gasteiger partial charge is 0.480 e. The van der Waals surface area contributed by atoms with E-state index >= 15 is 0 Å². The van der Waals surface area contributed by atoms with Gasteiger partial charge in [0, 0.05) is 19.6 Å². The fourth-order valence-electron chi connectivity index (χ4n) is 2.27. The molecule has 8 heteroatoms. The van der Waals surface area contributed by atoms with E-state index in [1.807, 2.05) is 0 Å². The molecule has 1 unspecified atom stereocenters. The van der Waals surface area contributed by atoms with Gasteiger partial charge in [-0.05, 0) is 18.2 Å². The second-order valence-corrected chi connectivity index (χ2v) is 4.59. The number of alkyl halides is 3. The molecular weight excluding hydrogens is 287 g/mol. The zero-order valence-corrected chi connectivity index (χ0v) is 10.8. The maximum absolute atomic E-state index is 12.7. The number of nitrogens with one attached hydrogen (secondary N) is 1. The first kappa shape index (κ1) is 15.1. The molecule has 0 aromatic heterocycles. The predicted molar refractivity (Wildman–Crippen MR) is 67.8 cm³/mol. The van der Waals surface area contributed by atoms with Gasteiger partial charge in [0.2, 0.25) is 0 Å². The Balaban J connectivity index is 2.43. The summed E-state index contributed by atoms with van der Waals surface area (Å²) in [6.45, 7) is 0.966. The first-order valence-electron chi connectivity index (χ1n) is 6.16. The minimum atomic E-state index is -4.54. The van der Waals surface area contributed by atoms with Gasteiger partial charge in [-0.25, -0.2) is 4.79 Å². The third kappa shape index (κ3) is 3.08. The van der Waals surface area contributed by atoms with E-state index in [2.05, 4.69) is 5.32 Å². The highest BCUT2D eigenvalue weighted by Crippen LogP contribution is 2.33. The van der Waals surface area contributed by atoms with Gasteiger partial charge >= 0.3 is 12.1 Å². The van der Waals surface area contributed by atoms with Gasteiger partial charge in [-0.15, -0.1) is 0 Å². The molecule has 1 atom stereocenters. The quantitative estimate of drug-likeness (QED) is 0.864. The van der Waals surface area contributed by atoms with Crippen molar-refractivity contribution in [3.8, 4) is 6.07 Å². The lowest BCUT2D eigenvalue weighted by Gasteiger charge is -2.35. The van der Waals surface area contributed by atoms with Crippen molar-refractivity contribution in [3.05, 3.63) is 29.3 Å². The molecule has 21 heavy (non-hydrogen) atoms. The number of hydrogen-bond acceptors (Lipinski definition) is 4. The summed E-state index contributed by atoms with van der Waals surface area (Å²) >= 11 is 0. The Morgan fingerprint density at radius 3 is 2.76 bits per heavy atom. The number of carbonyl (C=O) groups is 1. The van der Waals surface area contributed by atoms with Crippen LogP contribution in [-0.2, 0) is 11.0 Å². The number of anilines is 1. The summed E-state index contributed by atoms with van der Waals surface area (Å²) in [5, 5.41) is 21.1. The highest BCUT2D eigenvalue weighted by molar-refractivity contribution is 5.80. The zero-order chi connectivity index (χ0) is 15.6. The molecule has 1 aliphatic rings. The third-order valence-corrected chi connectivity index (χ3v) is 3.28. The number of aliphatic carboxylic acids is 1. The van der Waals surface area contributed by atoms with Gasteiger partial charge < -0.3 is 15.3 Å². The molecule has 0 bridgehead atoms. The third-order valence-electron chi connectivity index (χ3n) is 3.28. The molecule has 1 aliphatic heterocycles. The smallest absolute Gasteiger partial charge is 0.416 e. The van der Waals surface area contributed by atoms with Crippen LogP contribution < -0.4 is 10.2 Å². The number of halogens is 3. The van der Waals surface area contributed by atoms with Gasteiger partial charge in [0.1, 0.15) is 12.1 Å². The molecule has 1 aromatic rings. The zero-order valence-electron chi connectivity index (χ0n) is 10.8. The van der Waals surface area contributed by atoms with Crippen LogP contribution in [0.5, 0.6) is 0 Å². The van der Waals surface area contributed by atoms with Gasteiger partial charge in [-0.2, -0.15) is 18.4 Å². The summed E-state index contributed by atoms with van der Waals surface area (Å²) in [7, 11) is 0. The number of nitriles is 1. The second-order valence-electron chi connectivity index (χ2n) is 4.59. The Morgan fingerprint density at radius 1 is 1.48 bits per heavy atom. The lowest BCUT2D eigenvalue weighted by Crippen LogP contribution is -2.55. The fraction of sp³-hybridized carbons (Fsp3) is 0.385. The van der Waals surface area contributed by atoms with E-state index in [1.54, 1.807) is 6.07 Å². The van der Waals surface area contributed by atoms with Crippen LogP contribution in [0.1, 0.15) is 11.1 Å². The predicted octanol–water partition coefficient (Wildman–Crippen LogP) is 1.44. The fourth-order valence-corrected chi connectivity index (χ4v) is 2.27. The van der Waals surface area contributed by atoms with E-state index in [4.69, 9.17) is 5.26 Å². The van der Waals surface area contributed by atoms with Gasteiger partial charge in [0.15, 0.2) is 0 Å². The van der Waals surface area contributed by atoms with E-state index in [9.17, 15) is 23.1 Å². The lowest BCUT2D eigenvalue weighted by atomic mass is 10.1. The number of benzene rings is 1. The molecule has 5 nitrogen and oxygen atoms in total. The maximum Gasteiger partial charge on any atom is 0.416 e. The summed E-state index contributed by atoms with van der Waals surface area (Å²) in [4.78, 5) is 12.7. The van der Waals surface area contributed by atoms with Crippen molar-refractivity contribution in [2.45, 2.75) is 12.2 Å². The van der Waals surface area contributed by atoms with Gasteiger partial charge in [-0.1, -0.05) is 0 Å². The SMILES string of the molecule is N#Cc1cc(C(F)(F)F)ccc1N1CCNCC1C(=O)O. The normalized spacial score (nSPS) is 19.1. The molecule has 0 saturated carbocycles. The standard InChI is InChI=1S/C13H12F3N3O2/c14-13(15,16)9-1-2-10(8(5-9)6-17)19-4-3-18-7-11(19)12(20)21/h1-2,5,11,18H,3-4,7H2,(H,20,21). The molecule has 2 rings (SSSR count). The second kappa shape index (κ2) is 5.61. The summed E-state index contributed by atoms with van der Waals surface area (Å²) < 4.78 is 38.0. The number of carboxylic acids is 1. The van der Waals surface area contributed by atoms with Crippen LogP contribution in [0.25, 0.3) is 0 Å². The molecule has 2 N–H and O–H groups in total. The van der Waals surface area contributed by atoms with Crippen LogP contribution in [0.2, 0.25) is 0 Å². The van der Waals surface area contributed by atoms with Crippen molar-refractivity contribution in [2.75, 3.05) is 24.5 Å². The number of hydrogen-bond donors (Lipinski definition) is 2. The van der Waals surface area contributed by atoms with Crippen molar-refractivity contribution in [2.24, 2.45) is 0 Å². The van der Waals surface area contributed by atoms with Crippen molar-refractivity contribution in [3.63, 3.8) is 0 Å². The molecule has 1 fully saturated rings. The average molecular weight is 299 g/mol. The molecule has 0 amide bonds. The number of rotatable bonds is 2.